The minimum absolute atomic E-state index is 0.0354. The number of carbonyl (C=O) groups is 2. The molecule has 1 atom stereocenters. The van der Waals surface area contributed by atoms with Crippen LogP contribution in [0.5, 0.6) is 5.75 Å². The third kappa shape index (κ3) is 3.79. The predicted molar refractivity (Wildman–Crippen MR) is 71.9 cm³/mol. The van der Waals surface area contributed by atoms with Gasteiger partial charge in [-0.05, 0) is 44.0 Å². The van der Waals surface area contributed by atoms with Crippen LogP contribution < -0.4 is 10.1 Å². The number of carboxylic acid groups (broad SMARTS) is 1. The van der Waals surface area contributed by atoms with Crippen LogP contribution in [0.15, 0.2) is 12.1 Å². The number of benzene rings is 1. The highest BCUT2D eigenvalue weighted by molar-refractivity contribution is 6.00. The Morgan fingerprint density at radius 2 is 1.89 bits per heavy atom. The molecule has 0 saturated heterocycles. The number of nitrogens with one attached hydrogen (secondary N) is 1. The number of ketones is 1. The first kappa shape index (κ1) is 15.2. The molecular formula is C14H19NO4. The van der Waals surface area contributed by atoms with Gasteiger partial charge in [-0.25, -0.2) is 0 Å². The van der Waals surface area contributed by atoms with Gasteiger partial charge in [-0.2, -0.15) is 0 Å². The molecule has 5 heteroatoms. The Balaban J connectivity index is 2.87. The Morgan fingerprint density at radius 1 is 1.32 bits per heavy atom. The maximum atomic E-state index is 12.1. The third-order valence-corrected chi connectivity index (χ3v) is 3.06. The number of carbonyl (C=O) groups excluding carboxylic acids is 1. The SMILES string of the molecule is COc1cc(C)c(C)cc1C(=O)CNC(C)C(=O)O. The lowest BCUT2D eigenvalue weighted by Crippen LogP contribution is -2.37. The zero-order chi connectivity index (χ0) is 14.6. The van der Waals surface area contributed by atoms with E-state index in [9.17, 15) is 9.59 Å². The molecule has 0 aliphatic heterocycles. The van der Waals surface area contributed by atoms with Crippen LogP contribution in [0, 0.1) is 13.8 Å². The molecule has 0 fully saturated rings. The fourth-order valence-electron chi connectivity index (χ4n) is 1.60. The van der Waals surface area contributed by atoms with Gasteiger partial charge in [0.2, 0.25) is 0 Å². The number of aryl methyl sites for hydroxylation is 2. The van der Waals surface area contributed by atoms with Gasteiger partial charge in [0.15, 0.2) is 5.78 Å². The van der Waals surface area contributed by atoms with E-state index in [2.05, 4.69) is 5.32 Å². The van der Waals surface area contributed by atoms with E-state index in [-0.39, 0.29) is 12.3 Å². The number of hydrogen-bond acceptors (Lipinski definition) is 4. The van der Waals surface area contributed by atoms with Gasteiger partial charge in [0.1, 0.15) is 11.8 Å². The first-order valence-corrected chi connectivity index (χ1v) is 6.01. The summed E-state index contributed by atoms with van der Waals surface area (Å²) in [5.41, 5.74) is 2.51. The van der Waals surface area contributed by atoms with Crippen molar-refractivity contribution in [1.82, 2.24) is 5.32 Å². The molecule has 0 saturated carbocycles. The minimum atomic E-state index is -0.986. The van der Waals surface area contributed by atoms with E-state index < -0.39 is 12.0 Å². The highest BCUT2D eigenvalue weighted by Gasteiger charge is 2.16. The number of aliphatic carboxylic acids is 1. The van der Waals surface area contributed by atoms with Gasteiger partial charge >= 0.3 is 5.97 Å². The number of carboxylic acids is 1. The van der Waals surface area contributed by atoms with E-state index in [4.69, 9.17) is 9.84 Å². The molecule has 0 aliphatic carbocycles. The molecule has 19 heavy (non-hydrogen) atoms. The lowest BCUT2D eigenvalue weighted by molar-refractivity contribution is -0.138. The number of ether oxygens (including phenoxy) is 1. The van der Waals surface area contributed by atoms with Crippen LogP contribution in [-0.4, -0.2) is 36.6 Å². The predicted octanol–water partition coefficient (Wildman–Crippen LogP) is 1.56. The fraction of sp³-hybridized carbons (Fsp3) is 0.429. The van der Waals surface area contributed by atoms with Crippen LogP contribution in [-0.2, 0) is 4.79 Å². The molecule has 1 unspecified atom stereocenters. The number of hydrogen-bond donors (Lipinski definition) is 2. The molecule has 0 spiro atoms. The average molecular weight is 265 g/mol. The van der Waals surface area contributed by atoms with Crippen LogP contribution in [0.25, 0.3) is 0 Å². The fourth-order valence-corrected chi connectivity index (χ4v) is 1.60. The minimum Gasteiger partial charge on any atom is -0.496 e. The Bertz CT molecular complexity index is 496. The van der Waals surface area contributed by atoms with Crippen molar-refractivity contribution in [3.63, 3.8) is 0 Å². The summed E-state index contributed by atoms with van der Waals surface area (Å²) in [4.78, 5) is 22.8. The summed E-state index contributed by atoms with van der Waals surface area (Å²) in [6.45, 7) is 5.31. The van der Waals surface area contributed by atoms with E-state index in [0.717, 1.165) is 11.1 Å². The summed E-state index contributed by atoms with van der Waals surface area (Å²) in [6.07, 6.45) is 0. The first-order valence-electron chi connectivity index (χ1n) is 6.01. The summed E-state index contributed by atoms with van der Waals surface area (Å²) in [5, 5.41) is 11.4. The van der Waals surface area contributed by atoms with Gasteiger partial charge in [-0.1, -0.05) is 0 Å². The van der Waals surface area contributed by atoms with Crippen molar-refractivity contribution < 1.29 is 19.4 Å². The second-order valence-electron chi connectivity index (χ2n) is 4.50. The van der Waals surface area contributed by atoms with Crippen molar-refractivity contribution in [3.8, 4) is 5.75 Å². The summed E-state index contributed by atoms with van der Waals surface area (Å²) in [5.74, 6) is -0.661. The van der Waals surface area contributed by atoms with Crippen LogP contribution in [0.1, 0.15) is 28.4 Å². The quantitative estimate of drug-likeness (QED) is 0.763. The van der Waals surface area contributed by atoms with E-state index in [1.807, 2.05) is 19.9 Å². The molecule has 1 aromatic carbocycles. The molecular weight excluding hydrogens is 246 g/mol. The van der Waals surface area contributed by atoms with E-state index in [1.165, 1.54) is 14.0 Å². The number of rotatable bonds is 6. The molecule has 0 radical (unpaired) electrons. The Hall–Kier alpha value is -1.88. The standard InChI is InChI=1S/C14H19NO4/c1-8-5-11(13(19-4)6-9(8)2)12(16)7-15-10(3)14(17)18/h5-6,10,15H,7H2,1-4H3,(H,17,18). The van der Waals surface area contributed by atoms with Crippen molar-refractivity contribution in [2.45, 2.75) is 26.8 Å². The first-order chi connectivity index (χ1) is 8.86. The van der Waals surface area contributed by atoms with Crippen molar-refractivity contribution in [2.75, 3.05) is 13.7 Å². The van der Waals surface area contributed by atoms with E-state index in [0.29, 0.717) is 11.3 Å². The number of Topliss-reactive ketones (excluding diaryl/α,β-unsaturated/α-hetero) is 1. The molecule has 0 aliphatic rings. The van der Waals surface area contributed by atoms with Gasteiger partial charge in [0.05, 0.1) is 19.2 Å². The van der Waals surface area contributed by atoms with Gasteiger partial charge in [0.25, 0.3) is 0 Å². The molecule has 0 amide bonds. The smallest absolute Gasteiger partial charge is 0.320 e. The van der Waals surface area contributed by atoms with Crippen molar-refractivity contribution in [1.29, 1.82) is 0 Å². The Kier molecular flexibility index (Phi) is 5.06. The molecule has 104 valence electrons. The zero-order valence-corrected chi connectivity index (χ0v) is 11.6. The topological polar surface area (TPSA) is 75.6 Å². The Labute approximate surface area is 112 Å². The van der Waals surface area contributed by atoms with Gasteiger partial charge in [0, 0.05) is 0 Å². The highest BCUT2D eigenvalue weighted by Crippen LogP contribution is 2.23. The van der Waals surface area contributed by atoms with E-state index in [1.54, 1.807) is 6.07 Å². The summed E-state index contributed by atoms with van der Waals surface area (Å²) in [7, 11) is 1.51. The summed E-state index contributed by atoms with van der Waals surface area (Å²) < 4.78 is 5.19. The molecule has 0 bridgehead atoms. The second-order valence-corrected chi connectivity index (χ2v) is 4.50. The Morgan fingerprint density at radius 3 is 2.42 bits per heavy atom. The van der Waals surface area contributed by atoms with Crippen molar-refractivity contribution in [2.24, 2.45) is 0 Å². The maximum Gasteiger partial charge on any atom is 0.320 e. The maximum absolute atomic E-state index is 12.1. The molecule has 1 rings (SSSR count). The molecule has 1 aromatic rings. The van der Waals surface area contributed by atoms with Crippen LogP contribution in [0.2, 0.25) is 0 Å². The van der Waals surface area contributed by atoms with Crippen LogP contribution in [0.4, 0.5) is 0 Å². The molecule has 0 aromatic heterocycles. The van der Waals surface area contributed by atoms with Gasteiger partial charge in [-0.3, -0.25) is 14.9 Å². The molecule has 2 N–H and O–H groups in total. The average Bonchev–Trinajstić information content (AvgIpc) is 2.37. The third-order valence-electron chi connectivity index (χ3n) is 3.06. The second kappa shape index (κ2) is 6.33. The van der Waals surface area contributed by atoms with Gasteiger partial charge < -0.3 is 9.84 Å². The van der Waals surface area contributed by atoms with Crippen molar-refractivity contribution in [3.05, 3.63) is 28.8 Å². The largest absolute Gasteiger partial charge is 0.496 e. The van der Waals surface area contributed by atoms with Gasteiger partial charge in [-0.15, -0.1) is 0 Å². The zero-order valence-electron chi connectivity index (χ0n) is 11.6. The molecule has 5 nitrogen and oxygen atoms in total. The van der Waals surface area contributed by atoms with Crippen molar-refractivity contribution >= 4 is 11.8 Å². The monoisotopic (exact) mass is 265 g/mol. The molecule has 0 heterocycles. The normalized spacial score (nSPS) is 12.0. The number of methoxy groups -OCH3 is 1. The highest BCUT2D eigenvalue weighted by atomic mass is 16.5. The van der Waals surface area contributed by atoms with E-state index >= 15 is 0 Å². The lowest BCUT2D eigenvalue weighted by Gasteiger charge is -2.12. The summed E-state index contributed by atoms with van der Waals surface area (Å²) >= 11 is 0. The lowest BCUT2D eigenvalue weighted by atomic mass is 10.0. The van der Waals surface area contributed by atoms with Crippen LogP contribution in [0.3, 0.4) is 0 Å². The summed E-state index contributed by atoms with van der Waals surface area (Å²) in [6, 6.07) is 2.81. The van der Waals surface area contributed by atoms with Crippen LogP contribution >= 0.6 is 0 Å².